The molecule has 1 atom stereocenters. The summed E-state index contributed by atoms with van der Waals surface area (Å²) in [5.41, 5.74) is 8.59. The van der Waals surface area contributed by atoms with E-state index in [-0.39, 0.29) is 22.0 Å². The zero-order valence-electron chi connectivity index (χ0n) is 22.1. The maximum absolute atomic E-state index is 13.0. The summed E-state index contributed by atoms with van der Waals surface area (Å²) < 4.78 is 29.9. The number of carbonyl (C=O) groups excluding carboxylic acids is 1. The summed E-state index contributed by atoms with van der Waals surface area (Å²) in [6.45, 7) is 5.05. The number of fused-ring (bicyclic) bond motifs is 1. The van der Waals surface area contributed by atoms with Gasteiger partial charge in [-0.25, -0.2) is 13.4 Å². The van der Waals surface area contributed by atoms with Crippen molar-refractivity contribution in [3.63, 3.8) is 0 Å². The van der Waals surface area contributed by atoms with Crippen LogP contribution in [0.2, 0.25) is 0 Å². The Hall–Kier alpha value is -4.56. The van der Waals surface area contributed by atoms with E-state index < -0.39 is 34.5 Å². The van der Waals surface area contributed by atoms with E-state index >= 15 is 0 Å². The molecule has 0 bridgehead atoms. The van der Waals surface area contributed by atoms with Gasteiger partial charge in [-0.1, -0.05) is 17.7 Å². The van der Waals surface area contributed by atoms with Crippen LogP contribution in [0.3, 0.4) is 0 Å². The number of rotatable bonds is 10. The number of aliphatic carboxylic acids is 1. The Morgan fingerprint density at radius 2 is 1.82 bits per heavy atom. The van der Waals surface area contributed by atoms with Gasteiger partial charge in [0.15, 0.2) is 0 Å². The second-order valence-corrected chi connectivity index (χ2v) is 11.1. The molecule has 0 aliphatic rings. The lowest BCUT2D eigenvalue weighted by Gasteiger charge is -2.18. The minimum atomic E-state index is -4.18. The first-order valence-electron chi connectivity index (χ1n) is 12.3. The third kappa shape index (κ3) is 6.35. The minimum absolute atomic E-state index is 0.0106. The first-order valence-corrected chi connectivity index (χ1v) is 13.7. The van der Waals surface area contributed by atoms with Crippen LogP contribution in [0.5, 0.6) is 0 Å². The number of anilines is 1. The molecule has 13 nitrogen and oxygen atoms in total. The van der Waals surface area contributed by atoms with E-state index in [2.05, 4.69) is 25.1 Å². The number of aromatic nitrogens is 4. The highest BCUT2D eigenvalue weighted by molar-refractivity contribution is 7.89. The van der Waals surface area contributed by atoms with Crippen LogP contribution in [0.25, 0.3) is 10.9 Å². The molecular weight excluding hydrogens is 538 g/mol. The van der Waals surface area contributed by atoms with Gasteiger partial charge in [0.2, 0.25) is 16.0 Å². The van der Waals surface area contributed by atoms with E-state index in [1.807, 2.05) is 6.92 Å². The van der Waals surface area contributed by atoms with Crippen molar-refractivity contribution in [3.8, 4) is 0 Å². The van der Waals surface area contributed by atoms with Gasteiger partial charge in [0, 0.05) is 36.5 Å². The van der Waals surface area contributed by atoms with Crippen molar-refractivity contribution >= 4 is 38.8 Å². The Kier molecular flexibility index (Phi) is 8.02. The molecule has 0 saturated heterocycles. The minimum Gasteiger partial charge on any atom is -0.480 e. The van der Waals surface area contributed by atoms with Gasteiger partial charge in [0.25, 0.3) is 11.5 Å². The van der Waals surface area contributed by atoms with Crippen molar-refractivity contribution in [2.45, 2.75) is 44.7 Å². The largest absolute Gasteiger partial charge is 0.480 e. The molecule has 0 unspecified atom stereocenters. The summed E-state index contributed by atoms with van der Waals surface area (Å²) in [4.78, 5) is 42.7. The lowest BCUT2D eigenvalue weighted by Crippen LogP contribution is -2.48. The highest BCUT2D eigenvalue weighted by Gasteiger charge is 2.28. The maximum atomic E-state index is 13.0. The van der Waals surface area contributed by atoms with Gasteiger partial charge >= 0.3 is 5.97 Å². The van der Waals surface area contributed by atoms with Crippen LogP contribution in [0.15, 0.2) is 52.3 Å². The summed E-state index contributed by atoms with van der Waals surface area (Å²) in [6, 6.07) is 8.01. The SMILES string of the molecule is Cc1cc(C)c(S(=O)(=O)N[C@@H](CNC(=O)c2ccc3c(cnn3CCc3cc(=O)[nH]c(N)n3)c2)C(=O)O)c(C)c1. The smallest absolute Gasteiger partial charge is 0.323 e. The number of carbonyl (C=O) groups is 2. The lowest BCUT2D eigenvalue weighted by atomic mass is 10.1. The predicted molar refractivity (Wildman–Crippen MR) is 147 cm³/mol. The topological polar surface area (TPSA) is 202 Å². The number of H-pyrrole nitrogens is 1. The molecule has 4 aromatic rings. The van der Waals surface area contributed by atoms with Crippen LogP contribution >= 0.6 is 0 Å². The molecule has 1 amide bonds. The second-order valence-electron chi connectivity index (χ2n) is 9.46. The van der Waals surface area contributed by atoms with E-state index in [0.29, 0.717) is 35.2 Å². The number of sulfonamides is 1. The number of aromatic amines is 1. The number of amides is 1. The number of carboxylic acids is 1. The Morgan fingerprint density at radius 1 is 1.12 bits per heavy atom. The average molecular weight is 568 g/mol. The van der Waals surface area contributed by atoms with Crippen molar-refractivity contribution in [2.24, 2.45) is 0 Å². The molecule has 0 spiro atoms. The van der Waals surface area contributed by atoms with Gasteiger partial charge in [-0.15, -0.1) is 0 Å². The zero-order chi connectivity index (χ0) is 29.2. The number of nitrogens with one attached hydrogen (secondary N) is 3. The fourth-order valence-electron chi connectivity index (χ4n) is 4.60. The highest BCUT2D eigenvalue weighted by atomic mass is 32.2. The molecule has 14 heteroatoms. The summed E-state index contributed by atoms with van der Waals surface area (Å²) in [7, 11) is -4.18. The van der Waals surface area contributed by atoms with Crippen LogP contribution in [0.1, 0.15) is 32.7 Å². The number of hydrogen-bond donors (Lipinski definition) is 5. The Labute approximate surface area is 229 Å². The van der Waals surface area contributed by atoms with Crippen LogP contribution in [0.4, 0.5) is 5.95 Å². The molecule has 0 fully saturated rings. The molecular formula is C26H29N7O6S. The molecule has 0 aliphatic carbocycles. The number of nitrogens with two attached hydrogens (primary N) is 1. The average Bonchev–Trinajstić information content (AvgIpc) is 3.25. The molecule has 0 radical (unpaired) electrons. The van der Waals surface area contributed by atoms with Gasteiger partial charge in [0.1, 0.15) is 6.04 Å². The molecule has 4 rings (SSSR count). The highest BCUT2D eigenvalue weighted by Crippen LogP contribution is 2.22. The molecule has 2 aromatic carbocycles. The van der Waals surface area contributed by atoms with E-state index in [4.69, 9.17) is 5.73 Å². The molecule has 0 saturated carbocycles. The summed E-state index contributed by atoms with van der Waals surface area (Å²) in [6.07, 6.45) is 1.98. The van der Waals surface area contributed by atoms with E-state index in [1.54, 1.807) is 55.1 Å². The maximum Gasteiger partial charge on any atom is 0.323 e. The van der Waals surface area contributed by atoms with E-state index in [1.165, 1.54) is 6.07 Å². The Bertz CT molecular complexity index is 1750. The fraction of sp³-hybridized carbons (Fsp3) is 0.269. The third-order valence-corrected chi connectivity index (χ3v) is 8.01. The van der Waals surface area contributed by atoms with Crippen LogP contribution in [-0.4, -0.2) is 57.7 Å². The number of nitrogens with zero attached hydrogens (tertiary/aromatic N) is 3. The van der Waals surface area contributed by atoms with Crippen molar-refractivity contribution in [1.82, 2.24) is 29.8 Å². The molecule has 40 heavy (non-hydrogen) atoms. The summed E-state index contributed by atoms with van der Waals surface area (Å²) >= 11 is 0. The number of nitrogen functional groups attached to an aromatic ring is 1. The van der Waals surface area contributed by atoms with Gasteiger partial charge in [0.05, 0.1) is 22.3 Å². The number of carboxylic acid groups (broad SMARTS) is 1. The summed E-state index contributed by atoms with van der Waals surface area (Å²) in [5.74, 6) is -1.98. The lowest BCUT2D eigenvalue weighted by molar-refractivity contribution is -0.138. The van der Waals surface area contributed by atoms with E-state index in [9.17, 15) is 27.9 Å². The van der Waals surface area contributed by atoms with Gasteiger partial charge in [-0.05, 0) is 50.1 Å². The van der Waals surface area contributed by atoms with Crippen LogP contribution in [-0.2, 0) is 27.8 Å². The quantitative estimate of drug-likeness (QED) is 0.185. The van der Waals surface area contributed by atoms with Crippen molar-refractivity contribution in [1.29, 1.82) is 0 Å². The second kappa shape index (κ2) is 11.3. The van der Waals surface area contributed by atoms with Crippen LogP contribution < -0.4 is 21.3 Å². The van der Waals surface area contributed by atoms with Crippen molar-refractivity contribution < 1.29 is 23.1 Å². The first-order chi connectivity index (χ1) is 18.8. The predicted octanol–water partition coefficient (Wildman–Crippen LogP) is 1.03. The van der Waals surface area contributed by atoms with Gasteiger partial charge in [-0.3, -0.25) is 24.0 Å². The van der Waals surface area contributed by atoms with Gasteiger partial charge in [-0.2, -0.15) is 9.82 Å². The normalized spacial score (nSPS) is 12.4. The fourth-order valence-corrected chi connectivity index (χ4v) is 6.24. The van der Waals surface area contributed by atoms with Crippen molar-refractivity contribution in [2.75, 3.05) is 12.3 Å². The van der Waals surface area contributed by atoms with E-state index in [0.717, 1.165) is 11.1 Å². The Balaban J connectivity index is 1.44. The molecule has 0 aliphatic heterocycles. The Morgan fingerprint density at radius 3 is 2.48 bits per heavy atom. The summed E-state index contributed by atoms with van der Waals surface area (Å²) in [5, 5.41) is 17.1. The molecule has 2 heterocycles. The first kappa shape index (κ1) is 28.4. The monoisotopic (exact) mass is 567 g/mol. The molecule has 2 aromatic heterocycles. The molecule has 210 valence electrons. The zero-order valence-corrected chi connectivity index (χ0v) is 22.9. The third-order valence-electron chi connectivity index (χ3n) is 6.23. The number of hydrogen-bond acceptors (Lipinski definition) is 8. The standard InChI is InChI=1S/C26H29N7O6S/c1-14-8-15(2)23(16(3)9-14)40(38,39)32-20(25(36)37)13-28-24(35)17-4-5-21-18(10-17)12-29-33(21)7-6-19-11-22(34)31-26(27)30-19/h4-5,8-12,20,32H,6-7,13H2,1-3H3,(H,28,35)(H,36,37)(H3,27,30,31,34)/t20-/m0/s1. The van der Waals surface area contributed by atoms with Crippen LogP contribution in [0, 0.1) is 20.8 Å². The van der Waals surface area contributed by atoms with Crippen molar-refractivity contribution in [3.05, 3.63) is 80.9 Å². The molecule has 6 N–H and O–H groups in total. The number of aryl methyl sites for hydroxylation is 5. The number of benzene rings is 2. The van der Waals surface area contributed by atoms with Gasteiger partial charge < -0.3 is 16.2 Å².